The molecule has 1 heterocycles. The Labute approximate surface area is 188 Å². The molecule has 0 saturated carbocycles. The van der Waals surface area contributed by atoms with Gasteiger partial charge < -0.3 is 43.2 Å². The maximum absolute atomic E-state index is 12.5. The van der Waals surface area contributed by atoms with E-state index in [4.69, 9.17) is 17.2 Å². The van der Waals surface area contributed by atoms with Gasteiger partial charge in [0.2, 0.25) is 29.5 Å². The van der Waals surface area contributed by atoms with Crippen molar-refractivity contribution in [3.05, 3.63) is 18.2 Å². The quantitative estimate of drug-likeness (QED) is 0.124. The highest BCUT2D eigenvalue weighted by Gasteiger charge is 2.26. The molecule has 0 saturated heterocycles. The largest absolute Gasteiger partial charge is 0.480 e. The van der Waals surface area contributed by atoms with Crippen molar-refractivity contribution in [1.82, 2.24) is 25.9 Å². The molecule has 0 aliphatic rings. The van der Waals surface area contributed by atoms with Crippen LogP contribution >= 0.6 is 0 Å². The molecule has 0 bridgehead atoms. The number of carbonyl (C=O) groups excluding carboxylic acids is 5. The number of aliphatic carboxylic acids is 1. The van der Waals surface area contributed by atoms with E-state index in [2.05, 4.69) is 25.9 Å². The van der Waals surface area contributed by atoms with Gasteiger partial charge in [0.25, 0.3) is 0 Å². The number of carbonyl (C=O) groups is 6. The molecule has 5 amide bonds. The van der Waals surface area contributed by atoms with Crippen LogP contribution in [0.3, 0.4) is 0 Å². The third-order valence-electron chi connectivity index (χ3n) is 4.39. The number of rotatable bonds is 15. The number of amides is 5. The van der Waals surface area contributed by atoms with Crippen LogP contribution in [-0.4, -0.2) is 75.2 Å². The number of primary amides is 2. The van der Waals surface area contributed by atoms with Gasteiger partial charge in [-0.05, 0) is 12.8 Å². The number of nitrogens with one attached hydrogen (secondary N) is 4. The van der Waals surface area contributed by atoms with E-state index in [1.165, 1.54) is 12.5 Å². The summed E-state index contributed by atoms with van der Waals surface area (Å²) in [6.45, 7) is -0.595. The van der Waals surface area contributed by atoms with E-state index in [-0.39, 0.29) is 32.1 Å². The average Bonchev–Trinajstić information content (AvgIpc) is 3.25. The minimum absolute atomic E-state index is 0.0549. The van der Waals surface area contributed by atoms with Gasteiger partial charge >= 0.3 is 5.97 Å². The summed E-state index contributed by atoms with van der Waals surface area (Å²) in [6, 6.07) is -3.66. The minimum Gasteiger partial charge on any atom is -0.480 e. The first-order valence-corrected chi connectivity index (χ1v) is 9.89. The van der Waals surface area contributed by atoms with Crippen LogP contribution in [0.25, 0.3) is 0 Å². The van der Waals surface area contributed by atoms with Gasteiger partial charge in [-0.1, -0.05) is 0 Å². The van der Waals surface area contributed by atoms with Gasteiger partial charge in [0, 0.05) is 31.2 Å². The fourth-order valence-electron chi connectivity index (χ4n) is 2.62. The predicted molar refractivity (Wildman–Crippen MR) is 112 cm³/mol. The summed E-state index contributed by atoms with van der Waals surface area (Å²) in [5.41, 5.74) is 16.2. The molecule has 0 aliphatic carbocycles. The van der Waals surface area contributed by atoms with E-state index in [0.717, 1.165) is 0 Å². The van der Waals surface area contributed by atoms with Gasteiger partial charge in [-0.2, -0.15) is 0 Å². The van der Waals surface area contributed by atoms with Crippen molar-refractivity contribution < 1.29 is 33.9 Å². The number of carboxylic acid groups (broad SMARTS) is 1. The number of hydrogen-bond acceptors (Lipinski definition) is 8. The topological polar surface area (TPSA) is 265 Å². The molecule has 0 radical (unpaired) electrons. The molecule has 3 atom stereocenters. The Balaban J connectivity index is 2.66. The van der Waals surface area contributed by atoms with Gasteiger partial charge in [-0.25, -0.2) is 9.78 Å². The first-order chi connectivity index (χ1) is 15.5. The molecule has 0 fully saturated rings. The Bertz CT molecular complexity index is 858. The Morgan fingerprint density at radius 1 is 0.970 bits per heavy atom. The molecule has 0 spiro atoms. The van der Waals surface area contributed by atoms with Crippen LogP contribution in [0.1, 0.15) is 31.4 Å². The minimum atomic E-state index is -1.29. The first-order valence-electron chi connectivity index (χ1n) is 9.89. The second-order valence-electron chi connectivity index (χ2n) is 7.13. The summed E-state index contributed by atoms with van der Waals surface area (Å²) in [4.78, 5) is 76.5. The number of carboxylic acids is 1. The molecular weight excluding hydrogens is 440 g/mol. The molecule has 0 aromatic carbocycles. The summed E-state index contributed by atoms with van der Waals surface area (Å²) >= 11 is 0. The summed E-state index contributed by atoms with van der Waals surface area (Å²) < 4.78 is 0. The van der Waals surface area contributed by atoms with Gasteiger partial charge in [-0.15, -0.1) is 0 Å². The molecule has 1 aromatic rings. The number of aromatic amines is 1. The maximum atomic E-state index is 12.5. The number of hydrogen-bond donors (Lipinski definition) is 8. The highest BCUT2D eigenvalue weighted by Crippen LogP contribution is 2.02. The summed E-state index contributed by atoms with van der Waals surface area (Å²) in [5.74, 6) is -5.05. The van der Waals surface area contributed by atoms with Crippen molar-refractivity contribution in [2.45, 2.75) is 50.2 Å². The lowest BCUT2D eigenvalue weighted by Crippen LogP contribution is -2.53. The fraction of sp³-hybridized carbons (Fsp3) is 0.500. The predicted octanol–water partition coefficient (Wildman–Crippen LogP) is -4.02. The SMILES string of the molecule is NC(=O)CCC(N)C(=O)NC(CCC(N)=O)C(=O)NCC(=O)NC(Cc1cnc[nH]1)C(=O)O. The average molecular weight is 468 g/mol. The highest BCUT2D eigenvalue weighted by atomic mass is 16.4. The zero-order chi connectivity index (χ0) is 25.0. The Morgan fingerprint density at radius 2 is 1.61 bits per heavy atom. The van der Waals surface area contributed by atoms with Gasteiger partial charge in [0.1, 0.15) is 12.1 Å². The zero-order valence-electron chi connectivity index (χ0n) is 17.7. The molecule has 15 heteroatoms. The summed E-state index contributed by atoms with van der Waals surface area (Å²) in [5, 5.41) is 16.1. The van der Waals surface area contributed by atoms with Crippen molar-refractivity contribution in [3.8, 4) is 0 Å². The standard InChI is InChI=1S/C18H28N8O7/c19-10(1-3-13(20)27)16(30)26-11(2-4-14(21)28)17(31)23-7-15(29)25-12(18(32)33)5-9-6-22-8-24-9/h6,8,10-12H,1-5,7,19H2,(H2,20,27)(H2,21,28)(H,22,24)(H,23,31)(H,25,29)(H,26,30)(H,32,33). The number of nitrogens with zero attached hydrogens (tertiary/aromatic N) is 1. The van der Waals surface area contributed by atoms with Crippen LogP contribution in [0, 0.1) is 0 Å². The third-order valence-corrected chi connectivity index (χ3v) is 4.39. The van der Waals surface area contributed by atoms with E-state index >= 15 is 0 Å². The molecule has 1 rings (SSSR count). The van der Waals surface area contributed by atoms with Gasteiger partial charge in [0.05, 0.1) is 18.9 Å². The molecule has 3 unspecified atom stereocenters. The summed E-state index contributed by atoms with van der Waals surface area (Å²) in [7, 11) is 0. The van der Waals surface area contributed by atoms with E-state index in [1.54, 1.807) is 0 Å². The highest BCUT2D eigenvalue weighted by molar-refractivity contribution is 5.93. The lowest BCUT2D eigenvalue weighted by molar-refractivity contribution is -0.141. The smallest absolute Gasteiger partial charge is 0.326 e. The molecule has 0 aliphatic heterocycles. The van der Waals surface area contributed by atoms with Crippen LogP contribution < -0.4 is 33.2 Å². The molecule has 33 heavy (non-hydrogen) atoms. The second kappa shape index (κ2) is 13.4. The lowest BCUT2D eigenvalue weighted by atomic mass is 10.1. The number of H-pyrrole nitrogens is 1. The van der Waals surface area contributed by atoms with Crippen LogP contribution in [0.4, 0.5) is 0 Å². The van der Waals surface area contributed by atoms with Crippen molar-refractivity contribution in [2.75, 3.05) is 6.54 Å². The molecule has 11 N–H and O–H groups in total. The first kappa shape index (κ1) is 27.0. The Kier molecular flexibility index (Phi) is 11.0. The number of nitrogens with two attached hydrogens (primary N) is 3. The monoisotopic (exact) mass is 468 g/mol. The van der Waals surface area contributed by atoms with Crippen molar-refractivity contribution in [2.24, 2.45) is 17.2 Å². The molecular formula is C18H28N8O7. The van der Waals surface area contributed by atoms with Crippen LogP contribution in [0.15, 0.2) is 12.5 Å². The molecule has 15 nitrogen and oxygen atoms in total. The van der Waals surface area contributed by atoms with E-state index in [9.17, 15) is 33.9 Å². The fourth-order valence-corrected chi connectivity index (χ4v) is 2.62. The van der Waals surface area contributed by atoms with E-state index in [0.29, 0.717) is 5.69 Å². The van der Waals surface area contributed by atoms with Crippen molar-refractivity contribution >= 4 is 35.5 Å². The normalized spacial score (nSPS) is 13.2. The van der Waals surface area contributed by atoms with Crippen LogP contribution in [0.2, 0.25) is 0 Å². The second-order valence-corrected chi connectivity index (χ2v) is 7.13. The molecule has 1 aromatic heterocycles. The Morgan fingerprint density at radius 3 is 2.15 bits per heavy atom. The maximum Gasteiger partial charge on any atom is 0.326 e. The number of imidazole rings is 1. The van der Waals surface area contributed by atoms with Gasteiger partial charge in [-0.3, -0.25) is 24.0 Å². The van der Waals surface area contributed by atoms with Crippen molar-refractivity contribution in [1.29, 1.82) is 0 Å². The van der Waals surface area contributed by atoms with Crippen LogP contribution in [0.5, 0.6) is 0 Å². The van der Waals surface area contributed by atoms with Crippen LogP contribution in [-0.2, 0) is 35.2 Å². The van der Waals surface area contributed by atoms with E-state index < -0.39 is 60.2 Å². The third kappa shape index (κ3) is 10.7. The molecule has 182 valence electrons. The van der Waals surface area contributed by atoms with Crippen molar-refractivity contribution in [3.63, 3.8) is 0 Å². The summed E-state index contributed by atoms with van der Waals surface area (Å²) in [6.07, 6.45) is 2.09. The van der Waals surface area contributed by atoms with E-state index in [1.807, 2.05) is 0 Å². The Hall–Kier alpha value is -4.01. The zero-order valence-corrected chi connectivity index (χ0v) is 17.7. The van der Waals surface area contributed by atoms with Gasteiger partial charge in [0.15, 0.2) is 0 Å². The number of aromatic nitrogens is 2. The lowest BCUT2D eigenvalue weighted by Gasteiger charge is -2.20.